The van der Waals surface area contributed by atoms with Gasteiger partial charge in [0.15, 0.2) is 6.10 Å². The van der Waals surface area contributed by atoms with Gasteiger partial charge >= 0.3 is 0 Å². The summed E-state index contributed by atoms with van der Waals surface area (Å²) in [4.78, 5) is 14.2. The Kier molecular flexibility index (Phi) is 4.29. The molecule has 3 aromatic rings. The van der Waals surface area contributed by atoms with Crippen LogP contribution < -0.4 is 4.74 Å². The van der Waals surface area contributed by atoms with Crippen LogP contribution in [0.1, 0.15) is 17.2 Å². The molecule has 5 nitrogen and oxygen atoms in total. The third-order valence-electron chi connectivity index (χ3n) is 3.37. The second-order valence-electron chi connectivity index (χ2n) is 4.93. The average molecular weight is 306 g/mol. The Morgan fingerprint density at radius 1 is 0.870 bits per heavy atom. The normalized spacial score (nSPS) is 10.5. The zero-order chi connectivity index (χ0) is 16.1. The highest BCUT2D eigenvalue weighted by molar-refractivity contribution is 5.33. The molecule has 0 unspecified atom stereocenters. The van der Waals surface area contributed by atoms with E-state index >= 15 is 0 Å². The van der Waals surface area contributed by atoms with Gasteiger partial charge < -0.3 is 4.74 Å². The molecule has 1 heterocycles. The predicted molar refractivity (Wildman–Crippen MR) is 86.2 cm³/mol. The molecule has 0 bridgehead atoms. The highest BCUT2D eigenvalue weighted by Crippen LogP contribution is 2.27. The number of aromatic nitrogens is 1. The highest BCUT2D eigenvalue weighted by Gasteiger charge is 2.17. The smallest absolute Gasteiger partial charge is 0.287 e. The standard InChI is InChI=1S/C18H14N2O3/c21-20(22)16-11-12-17(19-13-16)23-18(14-7-3-1-4-8-14)15-9-5-2-6-10-15/h1-13,18H. The summed E-state index contributed by atoms with van der Waals surface area (Å²) in [6.07, 6.45) is 0.869. The molecule has 3 rings (SSSR count). The van der Waals surface area contributed by atoms with Crippen molar-refractivity contribution in [2.75, 3.05) is 0 Å². The van der Waals surface area contributed by atoms with Gasteiger partial charge in [0.05, 0.1) is 4.92 Å². The largest absolute Gasteiger partial charge is 0.465 e. The molecule has 0 radical (unpaired) electrons. The van der Waals surface area contributed by atoms with Crippen LogP contribution >= 0.6 is 0 Å². The van der Waals surface area contributed by atoms with E-state index in [1.807, 2.05) is 60.7 Å². The van der Waals surface area contributed by atoms with E-state index in [4.69, 9.17) is 4.74 Å². The molecule has 0 amide bonds. The summed E-state index contributed by atoms with van der Waals surface area (Å²) in [5, 5.41) is 10.7. The van der Waals surface area contributed by atoms with E-state index in [0.29, 0.717) is 5.88 Å². The first kappa shape index (κ1) is 14.7. The highest BCUT2D eigenvalue weighted by atomic mass is 16.6. The SMILES string of the molecule is O=[N+]([O-])c1ccc(OC(c2ccccc2)c2ccccc2)nc1. The van der Waals surface area contributed by atoms with Crippen LogP contribution in [-0.4, -0.2) is 9.91 Å². The lowest BCUT2D eigenvalue weighted by Crippen LogP contribution is -2.10. The molecule has 0 N–H and O–H groups in total. The molecule has 0 atom stereocenters. The third kappa shape index (κ3) is 3.52. The van der Waals surface area contributed by atoms with Crippen LogP contribution in [0, 0.1) is 10.1 Å². The van der Waals surface area contributed by atoms with Crippen molar-refractivity contribution in [1.82, 2.24) is 4.98 Å². The fourth-order valence-electron chi connectivity index (χ4n) is 2.26. The molecule has 1 aromatic heterocycles. The molecule has 0 fully saturated rings. The Morgan fingerprint density at radius 2 is 1.43 bits per heavy atom. The predicted octanol–water partition coefficient (Wildman–Crippen LogP) is 4.16. The molecule has 2 aromatic carbocycles. The Morgan fingerprint density at radius 3 is 1.87 bits per heavy atom. The van der Waals surface area contributed by atoms with Crippen LogP contribution in [-0.2, 0) is 0 Å². The minimum absolute atomic E-state index is 0.0617. The van der Waals surface area contributed by atoms with Crippen molar-refractivity contribution in [3.63, 3.8) is 0 Å². The lowest BCUT2D eigenvalue weighted by Gasteiger charge is -2.19. The Labute approximate surface area is 133 Å². The van der Waals surface area contributed by atoms with Gasteiger partial charge in [-0.15, -0.1) is 0 Å². The Balaban J connectivity index is 1.92. The molecule has 114 valence electrons. The van der Waals surface area contributed by atoms with Gasteiger partial charge in [-0.25, -0.2) is 4.98 Å². The lowest BCUT2D eigenvalue weighted by atomic mass is 10.0. The number of pyridine rings is 1. The average Bonchev–Trinajstić information content (AvgIpc) is 2.61. The molecule has 23 heavy (non-hydrogen) atoms. The van der Waals surface area contributed by atoms with Gasteiger partial charge in [-0.2, -0.15) is 0 Å². The monoisotopic (exact) mass is 306 g/mol. The first-order valence-electron chi connectivity index (χ1n) is 7.11. The van der Waals surface area contributed by atoms with Gasteiger partial charge in [0.1, 0.15) is 6.20 Å². The second-order valence-corrected chi connectivity index (χ2v) is 4.93. The quantitative estimate of drug-likeness (QED) is 0.524. The van der Waals surface area contributed by atoms with Crippen molar-refractivity contribution in [2.45, 2.75) is 6.10 Å². The van der Waals surface area contributed by atoms with E-state index in [2.05, 4.69) is 4.98 Å². The summed E-state index contributed by atoms with van der Waals surface area (Å²) in [5.74, 6) is 0.341. The molecule has 5 heteroatoms. The summed E-state index contributed by atoms with van der Waals surface area (Å²) in [6, 6.07) is 22.4. The van der Waals surface area contributed by atoms with E-state index in [1.165, 1.54) is 18.3 Å². The number of nitrogens with zero attached hydrogens (tertiary/aromatic N) is 2. The van der Waals surface area contributed by atoms with Gasteiger partial charge in [-0.1, -0.05) is 60.7 Å². The van der Waals surface area contributed by atoms with Gasteiger partial charge in [-0.3, -0.25) is 10.1 Å². The molecule has 0 spiro atoms. The van der Waals surface area contributed by atoms with E-state index < -0.39 is 4.92 Å². The van der Waals surface area contributed by atoms with Crippen molar-refractivity contribution >= 4 is 5.69 Å². The topological polar surface area (TPSA) is 65.3 Å². The Hall–Kier alpha value is -3.21. The Bertz CT molecular complexity index is 735. The van der Waals surface area contributed by atoms with Gasteiger partial charge in [-0.05, 0) is 11.1 Å². The molecule has 0 aliphatic rings. The van der Waals surface area contributed by atoms with Crippen molar-refractivity contribution in [2.24, 2.45) is 0 Å². The number of ether oxygens (including phenoxy) is 1. The first-order valence-corrected chi connectivity index (χ1v) is 7.11. The van der Waals surface area contributed by atoms with E-state index in [1.54, 1.807) is 0 Å². The summed E-state index contributed by atoms with van der Waals surface area (Å²) in [7, 11) is 0. The fraction of sp³-hybridized carbons (Fsp3) is 0.0556. The molecule has 0 saturated heterocycles. The molecule has 0 aliphatic carbocycles. The van der Waals surface area contributed by atoms with E-state index in [-0.39, 0.29) is 11.8 Å². The zero-order valence-corrected chi connectivity index (χ0v) is 12.2. The molecule has 0 saturated carbocycles. The van der Waals surface area contributed by atoms with Crippen molar-refractivity contribution < 1.29 is 9.66 Å². The summed E-state index contributed by atoms with van der Waals surface area (Å²) in [6.45, 7) is 0. The van der Waals surface area contributed by atoms with Gasteiger partial charge in [0.2, 0.25) is 5.88 Å². The zero-order valence-electron chi connectivity index (χ0n) is 12.2. The maximum atomic E-state index is 10.7. The lowest BCUT2D eigenvalue weighted by molar-refractivity contribution is -0.385. The van der Waals surface area contributed by atoms with Gasteiger partial charge in [0, 0.05) is 12.1 Å². The molecular formula is C18H14N2O3. The van der Waals surface area contributed by atoms with Crippen LogP contribution in [0.15, 0.2) is 79.0 Å². The fourth-order valence-corrected chi connectivity index (χ4v) is 2.26. The first-order chi connectivity index (χ1) is 11.2. The van der Waals surface area contributed by atoms with Crippen LogP contribution in [0.3, 0.4) is 0 Å². The maximum absolute atomic E-state index is 10.7. The maximum Gasteiger partial charge on any atom is 0.287 e. The number of nitro groups is 1. The third-order valence-corrected chi connectivity index (χ3v) is 3.37. The number of benzene rings is 2. The van der Waals surface area contributed by atoms with Gasteiger partial charge in [0.25, 0.3) is 5.69 Å². The minimum Gasteiger partial charge on any atom is -0.465 e. The van der Waals surface area contributed by atoms with E-state index in [9.17, 15) is 10.1 Å². The van der Waals surface area contributed by atoms with Crippen molar-refractivity contribution in [3.8, 4) is 5.88 Å². The number of hydrogen-bond acceptors (Lipinski definition) is 4. The summed E-state index contributed by atoms with van der Waals surface area (Å²) < 4.78 is 5.99. The van der Waals surface area contributed by atoms with E-state index in [0.717, 1.165) is 11.1 Å². The molecule has 0 aliphatic heterocycles. The van der Waals surface area contributed by atoms with Crippen molar-refractivity contribution in [1.29, 1.82) is 0 Å². The van der Waals surface area contributed by atoms with Crippen LogP contribution in [0.2, 0.25) is 0 Å². The number of hydrogen-bond donors (Lipinski definition) is 0. The van der Waals surface area contributed by atoms with Crippen molar-refractivity contribution in [3.05, 3.63) is 100 Å². The number of rotatable bonds is 5. The second kappa shape index (κ2) is 6.70. The van der Waals surface area contributed by atoms with Crippen LogP contribution in [0.5, 0.6) is 5.88 Å². The van der Waals surface area contributed by atoms with Crippen LogP contribution in [0.4, 0.5) is 5.69 Å². The minimum atomic E-state index is -0.483. The van der Waals surface area contributed by atoms with Crippen LogP contribution in [0.25, 0.3) is 0 Å². The molecular weight excluding hydrogens is 292 g/mol. The summed E-state index contributed by atoms with van der Waals surface area (Å²) in [5.41, 5.74) is 1.91. The summed E-state index contributed by atoms with van der Waals surface area (Å²) >= 11 is 0.